The maximum atomic E-state index is 13.8. The molecule has 3 heterocycles. The molecule has 0 amide bonds. The van der Waals surface area contributed by atoms with Gasteiger partial charge in [-0.1, -0.05) is 34.5 Å². The highest BCUT2D eigenvalue weighted by Gasteiger charge is 2.35. The Morgan fingerprint density at radius 2 is 1.95 bits per heavy atom. The van der Waals surface area contributed by atoms with Crippen LogP contribution >= 0.6 is 34.5 Å². The summed E-state index contributed by atoms with van der Waals surface area (Å²) in [5, 5.41) is 11.7. The third-order valence-electron chi connectivity index (χ3n) is 6.24. The number of fused-ring (bicyclic) bond motifs is 1. The normalized spacial score (nSPS) is 15.0. The molecule has 1 aliphatic heterocycles. The Labute approximate surface area is 240 Å². The number of nitro benzene ring substituents is 1. The lowest BCUT2D eigenvalue weighted by Crippen LogP contribution is -2.40. The number of aromatic nitrogens is 1. The van der Waals surface area contributed by atoms with Crippen molar-refractivity contribution in [1.82, 2.24) is 4.57 Å². The zero-order valence-corrected chi connectivity index (χ0v) is 23.5. The van der Waals surface area contributed by atoms with Gasteiger partial charge in [0.25, 0.3) is 11.2 Å². The molecule has 0 bridgehead atoms. The SMILES string of the molecule is COC(=O)C1=C(C)N=c2s/c(=C\c3ccc(-c4ccc(Cl)c([N+](=O)[O-])c4)o3)c(=O)n2[C@H]1c1cc(Cl)ccc1OC. The molecule has 0 aliphatic carbocycles. The van der Waals surface area contributed by atoms with Crippen LogP contribution in [0.25, 0.3) is 17.4 Å². The minimum atomic E-state index is -0.915. The number of rotatable bonds is 6. The van der Waals surface area contributed by atoms with E-state index in [9.17, 15) is 19.7 Å². The van der Waals surface area contributed by atoms with Gasteiger partial charge in [-0.05, 0) is 49.4 Å². The number of esters is 1. The number of furan rings is 1. The molecular weight excluding hydrogens is 581 g/mol. The summed E-state index contributed by atoms with van der Waals surface area (Å²) in [6, 6.07) is 11.6. The summed E-state index contributed by atoms with van der Waals surface area (Å²) in [6.07, 6.45) is 1.54. The third-order valence-corrected chi connectivity index (χ3v) is 7.78. The molecule has 1 atom stereocenters. The maximum Gasteiger partial charge on any atom is 0.338 e. The Bertz CT molecular complexity index is 1910. The Kier molecular flexibility index (Phi) is 7.37. The first-order chi connectivity index (χ1) is 19.1. The second-order valence-electron chi connectivity index (χ2n) is 8.58. The number of hydrogen-bond acceptors (Lipinski definition) is 9. The average molecular weight is 600 g/mol. The minimum absolute atomic E-state index is 0.00847. The summed E-state index contributed by atoms with van der Waals surface area (Å²) in [4.78, 5) is 42.2. The topological polar surface area (TPSA) is 126 Å². The average Bonchev–Trinajstić information content (AvgIpc) is 3.51. The molecule has 40 heavy (non-hydrogen) atoms. The van der Waals surface area contributed by atoms with Gasteiger partial charge >= 0.3 is 5.97 Å². The number of carbonyl (C=O) groups is 1. The molecule has 0 radical (unpaired) electrons. The lowest BCUT2D eigenvalue weighted by Gasteiger charge is -2.25. The van der Waals surface area contributed by atoms with Crippen molar-refractivity contribution in [3.63, 3.8) is 0 Å². The highest BCUT2D eigenvalue weighted by Crippen LogP contribution is 2.37. The number of methoxy groups -OCH3 is 2. The van der Waals surface area contributed by atoms with Crippen LogP contribution in [0.1, 0.15) is 24.3 Å². The van der Waals surface area contributed by atoms with Crippen molar-refractivity contribution < 1.29 is 23.6 Å². The second kappa shape index (κ2) is 10.8. The molecule has 1 aliphatic rings. The van der Waals surface area contributed by atoms with Gasteiger partial charge in [-0.25, -0.2) is 9.79 Å². The van der Waals surface area contributed by atoms with Crippen LogP contribution in [0.4, 0.5) is 5.69 Å². The highest BCUT2D eigenvalue weighted by atomic mass is 35.5. The van der Waals surface area contributed by atoms with Crippen molar-refractivity contribution in [2.45, 2.75) is 13.0 Å². The Morgan fingerprint density at radius 1 is 1.18 bits per heavy atom. The van der Waals surface area contributed by atoms with Crippen molar-refractivity contribution in [3.8, 4) is 17.1 Å². The van der Waals surface area contributed by atoms with Crippen molar-refractivity contribution in [3.05, 3.63) is 111 Å². The van der Waals surface area contributed by atoms with E-state index in [0.717, 1.165) is 11.3 Å². The van der Waals surface area contributed by atoms with Crippen LogP contribution in [0.3, 0.4) is 0 Å². The second-order valence-corrected chi connectivity index (χ2v) is 10.4. The fourth-order valence-corrected chi connectivity index (χ4v) is 5.82. The van der Waals surface area contributed by atoms with E-state index >= 15 is 0 Å². The molecular formula is C27H19Cl2N3O7S. The first-order valence-electron chi connectivity index (χ1n) is 11.6. The fourth-order valence-electron chi connectivity index (χ4n) is 4.43. The molecule has 0 unspecified atom stereocenters. The number of hydrogen-bond donors (Lipinski definition) is 0. The number of ether oxygens (including phenoxy) is 2. The molecule has 2 aromatic carbocycles. The number of nitro groups is 1. The van der Waals surface area contributed by atoms with Gasteiger partial charge in [0, 0.05) is 28.3 Å². The van der Waals surface area contributed by atoms with Gasteiger partial charge in [-0.15, -0.1) is 0 Å². The number of allylic oxidation sites excluding steroid dienone is 1. The monoisotopic (exact) mass is 599 g/mol. The molecule has 13 heteroatoms. The number of carbonyl (C=O) groups excluding carboxylic acids is 1. The van der Waals surface area contributed by atoms with E-state index in [2.05, 4.69) is 4.99 Å². The molecule has 0 saturated heterocycles. The molecule has 10 nitrogen and oxygen atoms in total. The molecule has 0 saturated carbocycles. The quantitative estimate of drug-likeness (QED) is 0.175. The van der Waals surface area contributed by atoms with Crippen LogP contribution in [0.5, 0.6) is 5.75 Å². The molecule has 5 rings (SSSR count). The van der Waals surface area contributed by atoms with Crippen molar-refractivity contribution in [1.29, 1.82) is 0 Å². The van der Waals surface area contributed by atoms with Gasteiger partial charge in [0.2, 0.25) is 0 Å². The van der Waals surface area contributed by atoms with Crippen LogP contribution < -0.4 is 19.6 Å². The van der Waals surface area contributed by atoms with Crippen molar-refractivity contribution in [2.24, 2.45) is 4.99 Å². The number of thiazole rings is 1. The predicted octanol–water partition coefficient (Wildman–Crippen LogP) is 4.89. The van der Waals surface area contributed by atoms with E-state index in [1.165, 1.54) is 30.9 Å². The summed E-state index contributed by atoms with van der Waals surface area (Å²) < 4.78 is 18.1. The molecule has 0 spiro atoms. The summed E-state index contributed by atoms with van der Waals surface area (Å²) in [7, 11) is 2.73. The van der Waals surface area contributed by atoms with Crippen LogP contribution in [0.2, 0.25) is 10.0 Å². The van der Waals surface area contributed by atoms with E-state index in [-0.39, 0.29) is 20.8 Å². The van der Waals surface area contributed by atoms with Gasteiger partial charge in [-0.2, -0.15) is 0 Å². The zero-order valence-electron chi connectivity index (χ0n) is 21.1. The van der Waals surface area contributed by atoms with Gasteiger partial charge in [0.15, 0.2) is 4.80 Å². The lowest BCUT2D eigenvalue weighted by atomic mass is 9.95. The first kappa shape index (κ1) is 27.4. The van der Waals surface area contributed by atoms with Crippen LogP contribution in [-0.4, -0.2) is 29.7 Å². The molecule has 0 fully saturated rings. The van der Waals surface area contributed by atoms with Gasteiger partial charge in [-0.3, -0.25) is 19.5 Å². The van der Waals surface area contributed by atoms with Crippen LogP contribution in [-0.2, 0) is 9.53 Å². The summed E-state index contributed by atoms with van der Waals surface area (Å²) in [6.45, 7) is 1.66. The molecule has 4 aromatic rings. The van der Waals surface area contributed by atoms with Crippen molar-refractivity contribution in [2.75, 3.05) is 14.2 Å². The smallest absolute Gasteiger partial charge is 0.338 e. The lowest BCUT2D eigenvalue weighted by molar-refractivity contribution is -0.384. The highest BCUT2D eigenvalue weighted by molar-refractivity contribution is 7.07. The molecule has 2 aromatic heterocycles. The number of nitrogens with zero attached hydrogens (tertiary/aromatic N) is 3. The number of halogens is 2. The Hall–Kier alpha value is -4.19. The largest absolute Gasteiger partial charge is 0.496 e. The Balaban J connectivity index is 1.66. The Morgan fingerprint density at radius 3 is 2.65 bits per heavy atom. The van der Waals surface area contributed by atoms with Gasteiger partial charge in [0.05, 0.1) is 34.9 Å². The van der Waals surface area contributed by atoms with Crippen LogP contribution in [0.15, 0.2) is 74.0 Å². The third kappa shape index (κ3) is 4.83. The summed E-state index contributed by atoms with van der Waals surface area (Å²) in [5.74, 6) is 0.464. The van der Waals surface area contributed by atoms with Crippen molar-refractivity contribution >= 4 is 52.3 Å². The molecule has 204 valence electrons. The van der Waals surface area contributed by atoms with Gasteiger partial charge in [0.1, 0.15) is 28.3 Å². The van der Waals surface area contributed by atoms with E-state index in [1.807, 2.05) is 0 Å². The first-order valence-corrected chi connectivity index (χ1v) is 13.2. The zero-order chi connectivity index (χ0) is 28.7. The predicted molar refractivity (Wildman–Crippen MR) is 150 cm³/mol. The fraction of sp³-hybridized carbons (Fsp3) is 0.148. The molecule has 0 N–H and O–H groups in total. The van der Waals surface area contributed by atoms with Gasteiger partial charge < -0.3 is 13.9 Å². The summed E-state index contributed by atoms with van der Waals surface area (Å²) >= 11 is 13.3. The standard InChI is InChI=1S/C27H19Cl2N3O7S/c1-13-23(26(34)38-3)24(17-11-15(28)5-8-21(17)37-2)31-25(33)22(40-27(31)30-13)12-16-6-9-20(39-16)14-4-7-18(29)19(10-14)32(35)36/h4-12,24H,1-3H3/b22-12-/t24-/m0/s1. The van der Waals surface area contributed by atoms with E-state index in [4.69, 9.17) is 37.1 Å². The van der Waals surface area contributed by atoms with Crippen LogP contribution in [0, 0.1) is 10.1 Å². The minimum Gasteiger partial charge on any atom is -0.496 e. The number of benzene rings is 2. The maximum absolute atomic E-state index is 13.8. The van der Waals surface area contributed by atoms with E-state index in [0.29, 0.717) is 43.9 Å². The van der Waals surface area contributed by atoms with E-state index in [1.54, 1.807) is 49.4 Å². The van der Waals surface area contributed by atoms with E-state index < -0.39 is 22.5 Å². The summed E-state index contributed by atoms with van der Waals surface area (Å²) in [5.41, 5.74) is 0.817.